The molecule has 1 saturated carbocycles. The average molecular weight is 561 g/mol. The first-order valence-electron chi connectivity index (χ1n) is 14.6. The molecule has 5 rings (SSSR count). The summed E-state index contributed by atoms with van der Waals surface area (Å²) in [6.07, 6.45) is 4.99. The molecule has 3 aromatic carbocycles. The van der Waals surface area contributed by atoms with Gasteiger partial charge in [-0.25, -0.2) is 0 Å². The predicted molar refractivity (Wildman–Crippen MR) is 162 cm³/mol. The first kappa shape index (κ1) is 30.6. The fraction of sp³-hybridized carbons (Fsp3) is 0.457. The van der Waals surface area contributed by atoms with Crippen LogP contribution >= 0.6 is 0 Å². The van der Waals surface area contributed by atoms with Crippen molar-refractivity contribution in [2.24, 2.45) is 5.92 Å². The second kappa shape index (κ2) is 13.5. The molecule has 1 aliphatic carbocycles. The highest BCUT2D eigenvalue weighted by atomic mass is 16.5. The number of carbonyl (C=O) groups is 1. The van der Waals surface area contributed by atoms with Crippen LogP contribution in [0.3, 0.4) is 0 Å². The first-order chi connectivity index (χ1) is 19.7. The molecule has 6 nitrogen and oxygen atoms in total. The van der Waals surface area contributed by atoms with Crippen LogP contribution in [-0.2, 0) is 11.4 Å². The van der Waals surface area contributed by atoms with Crippen molar-refractivity contribution >= 4 is 6.29 Å². The third-order valence-electron chi connectivity index (χ3n) is 8.43. The van der Waals surface area contributed by atoms with E-state index < -0.39 is 0 Å². The Bertz CT molecular complexity index is 1300. The van der Waals surface area contributed by atoms with Crippen LogP contribution in [0.1, 0.15) is 74.1 Å². The molecule has 0 radical (unpaired) electrons. The summed E-state index contributed by atoms with van der Waals surface area (Å²) in [7, 11) is 1.00. The molecule has 1 heterocycles. The highest BCUT2D eigenvalue weighted by Crippen LogP contribution is 2.39. The first-order valence-corrected chi connectivity index (χ1v) is 14.6. The van der Waals surface area contributed by atoms with Gasteiger partial charge in [0.15, 0.2) is 0 Å². The minimum absolute atomic E-state index is 0.138. The quantitative estimate of drug-likeness (QED) is 0.276. The van der Waals surface area contributed by atoms with Crippen LogP contribution in [0.2, 0.25) is 0 Å². The van der Waals surface area contributed by atoms with Crippen LogP contribution in [-0.4, -0.2) is 41.9 Å². The maximum absolute atomic E-state index is 10.9. The van der Waals surface area contributed by atoms with Gasteiger partial charge in [-0.1, -0.05) is 24.3 Å². The lowest BCUT2D eigenvalue weighted by molar-refractivity contribution is -0.108. The number of hydrogen-bond donors (Lipinski definition) is 2. The average Bonchev–Trinajstić information content (AvgIpc) is 3.35. The van der Waals surface area contributed by atoms with Gasteiger partial charge >= 0.3 is 0 Å². The van der Waals surface area contributed by atoms with Crippen molar-refractivity contribution in [2.75, 3.05) is 13.7 Å². The molecule has 0 saturated heterocycles. The minimum Gasteiger partial charge on any atom is -0.492 e. The number of fused-ring (bicyclic) bond motifs is 1. The zero-order chi connectivity index (χ0) is 29.6. The number of ether oxygens (including phenoxy) is 3. The number of hydrogen-bond acceptors (Lipinski definition) is 6. The Balaban J connectivity index is 0.00000189. The molecule has 1 atom stereocenters. The van der Waals surface area contributed by atoms with Gasteiger partial charge in [0.1, 0.15) is 35.7 Å². The van der Waals surface area contributed by atoms with Gasteiger partial charge in [0, 0.05) is 31.1 Å². The number of aliphatic hydroxyl groups is 2. The fourth-order valence-electron chi connectivity index (χ4n) is 6.24. The Morgan fingerprint density at radius 2 is 1.66 bits per heavy atom. The van der Waals surface area contributed by atoms with E-state index in [1.807, 2.05) is 18.2 Å². The van der Waals surface area contributed by atoms with Crippen LogP contribution < -0.4 is 14.2 Å². The number of benzene rings is 3. The van der Waals surface area contributed by atoms with Gasteiger partial charge in [-0.05, 0) is 111 Å². The second-order valence-corrected chi connectivity index (χ2v) is 11.7. The smallest absolute Gasteiger partial charge is 0.126 e. The van der Waals surface area contributed by atoms with Crippen LogP contribution in [0.15, 0.2) is 54.6 Å². The molecule has 0 aromatic heterocycles. The summed E-state index contributed by atoms with van der Waals surface area (Å²) >= 11 is 0. The zero-order valence-corrected chi connectivity index (χ0v) is 25.0. The van der Waals surface area contributed by atoms with Crippen molar-refractivity contribution in [3.63, 3.8) is 0 Å². The standard InChI is InChI=1S/C34H40O5.CH4O/c1-22-16-30(39-34(3,4)27-8-10-28(36)11-9-27)17-23(2)33(22)25-7-5-6-24(18-25)20-37-29-12-13-31-26(14-15-35)21-38-32(31)19-29;1-2/h5-7,12-13,15-19,26-28,36H,8-11,14,20-21H2,1-4H3;2H,1H3. The topological polar surface area (TPSA) is 85.2 Å². The van der Waals surface area contributed by atoms with E-state index in [-0.39, 0.29) is 17.6 Å². The molecule has 3 aromatic rings. The largest absolute Gasteiger partial charge is 0.492 e. The van der Waals surface area contributed by atoms with Gasteiger partial charge in [0.05, 0.1) is 12.7 Å². The number of aliphatic hydroxyl groups excluding tert-OH is 2. The summed E-state index contributed by atoms with van der Waals surface area (Å²) < 4.78 is 18.5. The SMILES string of the molecule is CO.Cc1cc(OC(C)(C)C2CCC(O)CC2)cc(C)c1-c1cccc(COc2ccc3c(c2)OCC3CC=O)c1. The van der Waals surface area contributed by atoms with Gasteiger partial charge in [0.2, 0.25) is 0 Å². The van der Waals surface area contributed by atoms with E-state index in [1.165, 1.54) is 16.7 Å². The molecule has 2 aliphatic rings. The van der Waals surface area contributed by atoms with Crippen LogP contribution in [0.4, 0.5) is 0 Å². The van der Waals surface area contributed by atoms with E-state index in [0.717, 1.165) is 73.0 Å². The molecule has 220 valence electrons. The highest BCUT2D eigenvalue weighted by Gasteiger charge is 2.34. The van der Waals surface area contributed by atoms with Gasteiger partial charge < -0.3 is 29.2 Å². The molecule has 1 fully saturated rings. The third-order valence-corrected chi connectivity index (χ3v) is 8.43. The molecular weight excluding hydrogens is 516 g/mol. The lowest BCUT2D eigenvalue weighted by Gasteiger charge is -2.38. The van der Waals surface area contributed by atoms with Crippen molar-refractivity contribution in [1.29, 1.82) is 0 Å². The molecular formula is C35H44O6. The monoisotopic (exact) mass is 560 g/mol. The van der Waals surface area contributed by atoms with E-state index in [4.69, 9.17) is 19.3 Å². The molecule has 1 aliphatic heterocycles. The Labute approximate surface area is 244 Å². The minimum atomic E-state index is -0.282. The number of carbonyl (C=O) groups excluding carboxylic acids is 1. The maximum atomic E-state index is 10.9. The van der Waals surface area contributed by atoms with Crippen molar-refractivity contribution in [3.05, 3.63) is 76.9 Å². The Morgan fingerprint density at radius 1 is 0.951 bits per heavy atom. The Kier molecular flexibility index (Phi) is 10.1. The summed E-state index contributed by atoms with van der Waals surface area (Å²) in [5, 5.41) is 16.9. The predicted octanol–water partition coefficient (Wildman–Crippen LogP) is 6.93. The molecule has 41 heavy (non-hydrogen) atoms. The summed E-state index contributed by atoms with van der Waals surface area (Å²) in [5.74, 6) is 3.05. The van der Waals surface area contributed by atoms with Crippen LogP contribution in [0.25, 0.3) is 11.1 Å². The Hall–Kier alpha value is -3.35. The molecule has 2 N–H and O–H groups in total. The summed E-state index contributed by atoms with van der Waals surface area (Å²) in [6, 6.07) is 18.7. The normalized spacial score (nSPS) is 19.8. The van der Waals surface area contributed by atoms with Gasteiger partial charge in [-0.2, -0.15) is 0 Å². The molecule has 0 bridgehead atoms. The zero-order valence-electron chi connectivity index (χ0n) is 25.0. The Morgan fingerprint density at radius 3 is 2.34 bits per heavy atom. The number of rotatable bonds is 9. The molecule has 0 amide bonds. The van der Waals surface area contributed by atoms with Gasteiger partial charge in [-0.15, -0.1) is 0 Å². The lowest BCUT2D eigenvalue weighted by atomic mass is 9.77. The van der Waals surface area contributed by atoms with Gasteiger partial charge in [0.25, 0.3) is 0 Å². The van der Waals surface area contributed by atoms with Crippen molar-refractivity contribution in [1.82, 2.24) is 0 Å². The van der Waals surface area contributed by atoms with Crippen LogP contribution in [0.5, 0.6) is 17.2 Å². The van der Waals surface area contributed by atoms with Crippen molar-refractivity contribution < 1.29 is 29.2 Å². The van der Waals surface area contributed by atoms with Crippen molar-refractivity contribution in [2.45, 2.75) is 84.0 Å². The third kappa shape index (κ3) is 7.30. The van der Waals surface area contributed by atoms with E-state index in [2.05, 4.69) is 64.1 Å². The summed E-state index contributed by atoms with van der Waals surface area (Å²) in [6.45, 7) is 9.63. The fourth-order valence-corrected chi connectivity index (χ4v) is 6.24. The molecule has 6 heteroatoms. The van der Waals surface area contributed by atoms with E-state index in [0.29, 0.717) is 25.6 Å². The van der Waals surface area contributed by atoms with Gasteiger partial charge in [-0.3, -0.25) is 0 Å². The number of aryl methyl sites for hydroxylation is 2. The highest BCUT2D eigenvalue weighted by molar-refractivity contribution is 5.72. The number of aldehydes is 1. The second-order valence-electron chi connectivity index (χ2n) is 11.7. The lowest BCUT2D eigenvalue weighted by Crippen LogP contribution is -2.40. The van der Waals surface area contributed by atoms with E-state index in [1.54, 1.807) is 0 Å². The summed E-state index contributed by atoms with van der Waals surface area (Å²) in [4.78, 5) is 10.9. The van der Waals surface area contributed by atoms with Crippen LogP contribution in [0, 0.1) is 19.8 Å². The van der Waals surface area contributed by atoms with E-state index in [9.17, 15) is 9.90 Å². The summed E-state index contributed by atoms with van der Waals surface area (Å²) in [5.41, 5.74) is 6.62. The maximum Gasteiger partial charge on any atom is 0.126 e. The molecule has 0 spiro atoms. The molecule has 1 unspecified atom stereocenters. The van der Waals surface area contributed by atoms with Crippen molar-refractivity contribution in [3.8, 4) is 28.4 Å². The van der Waals surface area contributed by atoms with E-state index >= 15 is 0 Å².